The lowest BCUT2D eigenvalue weighted by molar-refractivity contribution is -0.150. The Hall–Kier alpha value is -3.42. The van der Waals surface area contributed by atoms with Crippen molar-refractivity contribution in [1.29, 1.82) is 0 Å². The number of β-lactam (4-membered cyclic amide) rings is 1. The van der Waals surface area contributed by atoms with Crippen LogP contribution in [0.25, 0.3) is 0 Å². The van der Waals surface area contributed by atoms with E-state index in [1.165, 1.54) is 57.1 Å². The third kappa shape index (κ3) is 4.49. The summed E-state index contributed by atoms with van der Waals surface area (Å²) < 4.78 is 1.42. The molecule has 2 aliphatic rings. The van der Waals surface area contributed by atoms with Crippen LogP contribution in [0.3, 0.4) is 0 Å². The van der Waals surface area contributed by atoms with Crippen LogP contribution in [0.1, 0.15) is 5.69 Å². The number of carboxylic acid groups (broad SMARTS) is 1. The van der Waals surface area contributed by atoms with Crippen molar-refractivity contribution in [3.05, 3.63) is 27.9 Å². The summed E-state index contributed by atoms with van der Waals surface area (Å²) in [5, 5.41) is 28.9. The van der Waals surface area contributed by atoms with Crippen LogP contribution in [-0.2, 0) is 25.8 Å². The highest BCUT2D eigenvalue weighted by Gasteiger charge is 2.54. The molecule has 2 unspecified atom stereocenters. The molecule has 1 fully saturated rings. The lowest BCUT2D eigenvalue weighted by atomic mass is 10.0. The van der Waals surface area contributed by atoms with Crippen molar-refractivity contribution in [2.24, 2.45) is 5.16 Å². The number of thiazole rings is 1. The van der Waals surface area contributed by atoms with Gasteiger partial charge in [0.15, 0.2) is 5.71 Å². The molecule has 4 heterocycles. The van der Waals surface area contributed by atoms with Crippen molar-refractivity contribution in [2.75, 3.05) is 18.6 Å². The summed E-state index contributed by atoms with van der Waals surface area (Å²) >= 11 is 3.85. The van der Waals surface area contributed by atoms with Gasteiger partial charge in [0, 0.05) is 16.9 Å². The molecule has 0 saturated carbocycles. The van der Waals surface area contributed by atoms with E-state index in [-0.39, 0.29) is 23.7 Å². The second-order valence-corrected chi connectivity index (χ2v) is 9.49. The monoisotopic (exact) mass is 520 g/mol. The Morgan fingerprint density at radius 3 is 3.00 bits per heavy atom. The second-order valence-electron chi connectivity index (χ2n) is 6.73. The van der Waals surface area contributed by atoms with Crippen LogP contribution >= 0.6 is 34.9 Å². The maximum Gasteiger partial charge on any atom is 0.352 e. The van der Waals surface area contributed by atoms with E-state index in [1.807, 2.05) is 0 Å². The van der Waals surface area contributed by atoms with Gasteiger partial charge < -0.3 is 15.3 Å². The summed E-state index contributed by atoms with van der Waals surface area (Å²) in [6, 6.07) is -0.912. The molecular formula is C18H16N8O5S3. The Morgan fingerprint density at radius 2 is 2.32 bits per heavy atom. The number of oxime groups is 1. The highest BCUT2D eigenvalue weighted by molar-refractivity contribution is 8.01. The van der Waals surface area contributed by atoms with Crippen LogP contribution in [0.15, 0.2) is 32.5 Å². The predicted molar refractivity (Wildman–Crippen MR) is 123 cm³/mol. The smallest absolute Gasteiger partial charge is 0.352 e. The molecule has 0 aliphatic carbocycles. The van der Waals surface area contributed by atoms with Gasteiger partial charge in [0.25, 0.3) is 11.8 Å². The molecule has 4 rings (SSSR count). The molecule has 0 aromatic carbocycles. The van der Waals surface area contributed by atoms with E-state index in [4.69, 9.17) is 11.3 Å². The minimum Gasteiger partial charge on any atom is -0.477 e. The maximum atomic E-state index is 12.9. The Morgan fingerprint density at radius 1 is 1.50 bits per heavy atom. The average molecular weight is 521 g/mol. The fourth-order valence-electron chi connectivity index (χ4n) is 3.27. The van der Waals surface area contributed by atoms with E-state index in [0.717, 1.165) is 0 Å². The Kier molecular flexibility index (Phi) is 7.14. The first-order chi connectivity index (χ1) is 16.5. The zero-order valence-corrected chi connectivity index (χ0v) is 19.9. The fourth-order valence-corrected chi connectivity index (χ4v) is 6.16. The van der Waals surface area contributed by atoms with Gasteiger partial charge in [0.05, 0.1) is 5.51 Å². The minimum atomic E-state index is -1.23. The summed E-state index contributed by atoms with van der Waals surface area (Å²) in [7, 11) is 1.29. The van der Waals surface area contributed by atoms with Gasteiger partial charge in [0.2, 0.25) is 5.16 Å². The number of carbonyl (C=O) groups excluding carboxylic acids is 2. The van der Waals surface area contributed by atoms with Crippen LogP contribution in [-0.4, -0.2) is 88.7 Å². The minimum absolute atomic E-state index is 0.0772. The summed E-state index contributed by atoms with van der Waals surface area (Å²) in [5.41, 5.74) is 2.20. The standard InChI is InChI=1S/C18H16N8O5S3/c1-3-4-25-18(21-23-24-25)34-6-9-5-33-16-12(15(28)26(16)13(9)17(29)30)20-14(27)11(22-31-2)10-7-32-8-19-10/h1,7-8,12,16H,4-6H2,2H3,(H,20,27)(H,29,30)/b22-11+. The van der Waals surface area contributed by atoms with Crippen LogP contribution < -0.4 is 5.32 Å². The van der Waals surface area contributed by atoms with E-state index >= 15 is 0 Å². The number of aliphatic carboxylic acids is 1. The van der Waals surface area contributed by atoms with Crippen molar-refractivity contribution in [3.63, 3.8) is 0 Å². The topological polar surface area (TPSA) is 165 Å². The van der Waals surface area contributed by atoms with E-state index < -0.39 is 29.2 Å². The van der Waals surface area contributed by atoms with E-state index in [0.29, 0.717) is 22.2 Å². The maximum absolute atomic E-state index is 12.9. The van der Waals surface area contributed by atoms with Crippen LogP contribution in [0.2, 0.25) is 0 Å². The number of hydrogen-bond donors (Lipinski definition) is 2. The number of tetrazole rings is 1. The molecule has 0 spiro atoms. The highest BCUT2D eigenvalue weighted by Crippen LogP contribution is 2.41. The molecule has 2 aromatic heterocycles. The van der Waals surface area contributed by atoms with Crippen molar-refractivity contribution in [2.45, 2.75) is 23.1 Å². The summed E-state index contributed by atoms with van der Waals surface area (Å²) in [5.74, 6) is 0.630. The highest BCUT2D eigenvalue weighted by atomic mass is 32.2. The van der Waals surface area contributed by atoms with Crippen molar-refractivity contribution < 1.29 is 24.3 Å². The second kappa shape index (κ2) is 10.2. The third-order valence-corrected chi connectivity index (χ3v) is 7.69. The molecule has 0 radical (unpaired) electrons. The van der Waals surface area contributed by atoms with Gasteiger partial charge in [-0.3, -0.25) is 14.5 Å². The quantitative estimate of drug-likeness (QED) is 0.146. The number of aromatic nitrogens is 5. The van der Waals surface area contributed by atoms with Gasteiger partial charge in [-0.05, 0) is 16.0 Å². The first-order valence-corrected chi connectivity index (χ1v) is 12.5. The number of amides is 2. The number of nitrogens with one attached hydrogen (secondary N) is 1. The van der Waals surface area contributed by atoms with Crippen molar-refractivity contribution >= 4 is 58.4 Å². The summed E-state index contributed by atoms with van der Waals surface area (Å²) in [6.07, 6.45) is 5.30. The average Bonchev–Trinajstić information content (AvgIpc) is 3.51. The van der Waals surface area contributed by atoms with Gasteiger partial charge in [-0.1, -0.05) is 22.8 Å². The lowest BCUT2D eigenvalue weighted by Gasteiger charge is -2.49. The van der Waals surface area contributed by atoms with Gasteiger partial charge >= 0.3 is 5.97 Å². The first kappa shape index (κ1) is 23.7. The molecule has 2 aliphatic heterocycles. The molecule has 0 bridgehead atoms. The molecule has 16 heteroatoms. The molecule has 2 atom stereocenters. The number of rotatable bonds is 9. The number of carbonyl (C=O) groups is 3. The number of terminal acetylenes is 1. The van der Waals surface area contributed by atoms with Gasteiger partial charge in [-0.2, -0.15) is 0 Å². The van der Waals surface area contributed by atoms with Gasteiger partial charge in [-0.25, -0.2) is 14.5 Å². The molecule has 13 nitrogen and oxygen atoms in total. The van der Waals surface area contributed by atoms with E-state index in [1.54, 1.807) is 5.38 Å². The molecular weight excluding hydrogens is 504 g/mol. The number of thioether (sulfide) groups is 2. The van der Waals surface area contributed by atoms with Crippen molar-refractivity contribution in [1.82, 2.24) is 35.4 Å². The molecule has 176 valence electrons. The fraction of sp³-hybridized carbons (Fsp3) is 0.333. The number of hydrogen-bond acceptors (Lipinski definition) is 12. The van der Waals surface area contributed by atoms with Crippen molar-refractivity contribution in [3.8, 4) is 12.3 Å². The van der Waals surface area contributed by atoms with Crippen LogP contribution in [0.5, 0.6) is 0 Å². The zero-order valence-electron chi connectivity index (χ0n) is 17.4. The first-order valence-electron chi connectivity index (χ1n) is 9.49. The largest absolute Gasteiger partial charge is 0.477 e. The Bertz CT molecular complexity index is 1220. The Labute approximate surface area is 205 Å². The van der Waals surface area contributed by atoms with Crippen LogP contribution in [0.4, 0.5) is 0 Å². The number of nitrogens with zero attached hydrogens (tertiary/aromatic N) is 7. The normalized spacial score (nSPS) is 19.8. The van der Waals surface area contributed by atoms with Crippen LogP contribution in [0, 0.1) is 12.3 Å². The molecule has 2 amide bonds. The summed E-state index contributed by atoms with van der Waals surface area (Å²) in [6.45, 7) is 0.179. The SMILES string of the molecule is C#CCn1nnnc1SCC1=C(C(=O)O)N2C(=O)C(NC(=O)/C(=N/OC)c3cscn3)C2SC1. The van der Waals surface area contributed by atoms with Gasteiger partial charge in [-0.15, -0.1) is 34.6 Å². The number of carboxylic acids is 1. The van der Waals surface area contributed by atoms with E-state index in [2.05, 4.69) is 36.9 Å². The lowest BCUT2D eigenvalue weighted by Crippen LogP contribution is -2.71. The molecule has 34 heavy (non-hydrogen) atoms. The predicted octanol–water partition coefficient (Wildman–Crippen LogP) is -0.356. The molecule has 2 N–H and O–H groups in total. The van der Waals surface area contributed by atoms with E-state index in [9.17, 15) is 19.5 Å². The third-order valence-electron chi connectivity index (χ3n) is 4.72. The summed E-state index contributed by atoms with van der Waals surface area (Å²) in [4.78, 5) is 47.6. The molecule has 2 aromatic rings. The zero-order chi connectivity index (χ0) is 24.2. The molecule has 1 saturated heterocycles. The Balaban J connectivity index is 1.48. The number of fused-ring (bicyclic) bond motifs is 1. The van der Waals surface area contributed by atoms with Gasteiger partial charge in [0.1, 0.15) is 36.5 Å².